The summed E-state index contributed by atoms with van der Waals surface area (Å²) in [5.41, 5.74) is 0.776. The van der Waals surface area contributed by atoms with Gasteiger partial charge in [0.2, 0.25) is 5.91 Å². The van der Waals surface area contributed by atoms with E-state index in [0.717, 1.165) is 38.2 Å². The van der Waals surface area contributed by atoms with Crippen molar-refractivity contribution in [3.8, 4) is 0 Å². The minimum absolute atomic E-state index is 0.134. The van der Waals surface area contributed by atoms with Gasteiger partial charge in [-0.15, -0.1) is 0 Å². The van der Waals surface area contributed by atoms with Crippen LogP contribution in [0.5, 0.6) is 0 Å². The number of hydrogen-bond donors (Lipinski definition) is 1. The molecular formula is C17H26ClN3O2. The molecule has 1 aliphatic heterocycles. The van der Waals surface area contributed by atoms with Crippen molar-refractivity contribution in [3.63, 3.8) is 0 Å². The minimum Gasteiger partial charge on any atom is -0.387 e. The SMILES string of the molecule is CN(C)C(=O)CN1CCCN(CC(O)c2ccccc2Cl)CC1. The molecule has 5 nitrogen and oxygen atoms in total. The first kappa shape index (κ1) is 18.2. The van der Waals surface area contributed by atoms with Crippen molar-refractivity contribution >= 4 is 17.5 Å². The number of β-amino-alcohol motifs (C(OH)–C–C–N with tert-alkyl or cyclic N) is 1. The highest BCUT2D eigenvalue weighted by Gasteiger charge is 2.20. The number of nitrogens with zero attached hydrogens (tertiary/aromatic N) is 3. The van der Waals surface area contributed by atoms with E-state index in [0.29, 0.717) is 18.1 Å². The molecular weight excluding hydrogens is 314 g/mol. The lowest BCUT2D eigenvalue weighted by atomic mass is 10.1. The third-order valence-electron chi connectivity index (χ3n) is 4.23. The van der Waals surface area contributed by atoms with Crippen LogP contribution >= 0.6 is 11.6 Å². The quantitative estimate of drug-likeness (QED) is 0.882. The molecule has 0 spiro atoms. The number of carbonyl (C=O) groups excluding carboxylic acids is 1. The number of amides is 1. The fourth-order valence-corrected chi connectivity index (χ4v) is 3.05. The lowest BCUT2D eigenvalue weighted by molar-refractivity contribution is -0.129. The average Bonchev–Trinajstić information content (AvgIpc) is 2.73. The largest absolute Gasteiger partial charge is 0.387 e. The van der Waals surface area contributed by atoms with Crippen molar-refractivity contribution in [3.05, 3.63) is 34.9 Å². The summed E-state index contributed by atoms with van der Waals surface area (Å²) in [4.78, 5) is 17.9. The fraction of sp³-hybridized carbons (Fsp3) is 0.588. The summed E-state index contributed by atoms with van der Waals surface area (Å²) >= 11 is 6.15. The van der Waals surface area contributed by atoms with Crippen molar-refractivity contribution in [2.24, 2.45) is 0 Å². The van der Waals surface area contributed by atoms with Gasteiger partial charge in [0, 0.05) is 44.3 Å². The van der Waals surface area contributed by atoms with Gasteiger partial charge >= 0.3 is 0 Å². The van der Waals surface area contributed by atoms with Gasteiger partial charge in [-0.05, 0) is 25.6 Å². The van der Waals surface area contributed by atoms with Crippen LogP contribution in [0.25, 0.3) is 0 Å². The molecule has 1 saturated heterocycles. The van der Waals surface area contributed by atoms with Crippen LogP contribution in [-0.4, -0.2) is 79.1 Å². The van der Waals surface area contributed by atoms with Crippen molar-refractivity contribution in [1.29, 1.82) is 0 Å². The Morgan fingerprint density at radius 3 is 2.57 bits per heavy atom. The normalized spacial score (nSPS) is 18.4. The maximum atomic E-state index is 11.8. The van der Waals surface area contributed by atoms with E-state index in [1.807, 2.05) is 18.2 Å². The van der Waals surface area contributed by atoms with E-state index in [1.165, 1.54) is 0 Å². The van der Waals surface area contributed by atoms with Crippen LogP contribution in [0.15, 0.2) is 24.3 Å². The maximum absolute atomic E-state index is 11.8. The molecule has 1 aromatic rings. The van der Waals surface area contributed by atoms with Crippen molar-refractivity contribution < 1.29 is 9.90 Å². The predicted molar refractivity (Wildman–Crippen MR) is 92.6 cm³/mol. The molecule has 1 aliphatic rings. The zero-order valence-electron chi connectivity index (χ0n) is 13.9. The molecule has 1 fully saturated rings. The van der Waals surface area contributed by atoms with Crippen LogP contribution in [0.1, 0.15) is 18.1 Å². The van der Waals surface area contributed by atoms with Crippen molar-refractivity contribution in [2.45, 2.75) is 12.5 Å². The molecule has 0 aliphatic carbocycles. The minimum atomic E-state index is -0.585. The number of carbonyl (C=O) groups is 1. The van der Waals surface area contributed by atoms with Gasteiger partial charge in [-0.25, -0.2) is 0 Å². The summed E-state index contributed by atoms with van der Waals surface area (Å²) in [6.07, 6.45) is 0.411. The summed E-state index contributed by atoms with van der Waals surface area (Å²) in [5.74, 6) is 0.134. The van der Waals surface area contributed by atoms with Gasteiger partial charge in [0.25, 0.3) is 0 Å². The zero-order chi connectivity index (χ0) is 16.8. The smallest absolute Gasteiger partial charge is 0.236 e. The van der Waals surface area contributed by atoms with Crippen LogP contribution in [0.3, 0.4) is 0 Å². The molecule has 1 amide bonds. The number of aliphatic hydroxyl groups excluding tert-OH is 1. The van der Waals surface area contributed by atoms with Crippen LogP contribution < -0.4 is 0 Å². The molecule has 23 heavy (non-hydrogen) atoms. The van der Waals surface area contributed by atoms with Gasteiger partial charge in [0.15, 0.2) is 0 Å². The van der Waals surface area contributed by atoms with E-state index in [4.69, 9.17) is 11.6 Å². The van der Waals surface area contributed by atoms with Crippen molar-refractivity contribution in [1.82, 2.24) is 14.7 Å². The molecule has 1 N–H and O–H groups in total. The van der Waals surface area contributed by atoms with Gasteiger partial charge < -0.3 is 10.0 Å². The lowest BCUT2D eigenvalue weighted by Crippen LogP contribution is -2.39. The first-order chi connectivity index (χ1) is 11.0. The van der Waals surface area contributed by atoms with E-state index < -0.39 is 6.10 Å². The number of halogens is 1. The number of hydrogen-bond acceptors (Lipinski definition) is 4. The summed E-state index contributed by atoms with van der Waals surface area (Å²) in [6.45, 7) is 4.57. The summed E-state index contributed by atoms with van der Waals surface area (Å²) in [5, 5.41) is 11.0. The third-order valence-corrected chi connectivity index (χ3v) is 4.58. The molecule has 0 saturated carbocycles. The molecule has 128 valence electrons. The standard InChI is InChI=1S/C17H26ClN3O2/c1-19(2)17(23)13-21-9-5-8-20(10-11-21)12-16(22)14-6-3-4-7-15(14)18/h3-4,6-7,16,22H,5,8-13H2,1-2H3. The molecule has 0 radical (unpaired) electrons. The summed E-state index contributed by atoms with van der Waals surface area (Å²) in [7, 11) is 3.57. The molecule has 1 unspecified atom stereocenters. The third kappa shape index (κ3) is 5.46. The second kappa shape index (κ2) is 8.64. The van der Waals surface area contributed by atoms with Crippen molar-refractivity contribution in [2.75, 3.05) is 53.4 Å². The van der Waals surface area contributed by atoms with Gasteiger partial charge in [-0.2, -0.15) is 0 Å². The number of aliphatic hydroxyl groups is 1. The van der Waals surface area contributed by atoms with Crippen LogP contribution in [0.2, 0.25) is 5.02 Å². The monoisotopic (exact) mass is 339 g/mol. The molecule has 6 heteroatoms. The van der Waals surface area contributed by atoms with E-state index >= 15 is 0 Å². The highest BCUT2D eigenvalue weighted by atomic mass is 35.5. The summed E-state index contributed by atoms with van der Waals surface area (Å²) in [6, 6.07) is 7.43. The number of likely N-dealkylation sites (N-methyl/N-ethyl adjacent to an activating group) is 1. The van der Waals surface area contributed by atoms with Gasteiger partial charge in [0.1, 0.15) is 0 Å². The predicted octanol–water partition coefficient (Wildman–Crippen LogP) is 1.47. The maximum Gasteiger partial charge on any atom is 0.236 e. The van der Waals surface area contributed by atoms with Crippen LogP contribution in [0.4, 0.5) is 0 Å². The molecule has 1 aromatic carbocycles. The van der Waals surface area contributed by atoms with Gasteiger partial charge in [0.05, 0.1) is 12.6 Å². The molecule has 1 heterocycles. The number of benzene rings is 1. The molecule has 0 aromatic heterocycles. The van der Waals surface area contributed by atoms with Crippen LogP contribution in [-0.2, 0) is 4.79 Å². The van der Waals surface area contributed by atoms with Crippen LogP contribution in [0, 0.1) is 0 Å². The molecule has 1 atom stereocenters. The highest BCUT2D eigenvalue weighted by molar-refractivity contribution is 6.31. The Bertz CT molecular complexity index is 524. The average molecular weight is 340 g/mol. The van der Waals surface area contributed by atoms with Gasteiger partial charge in [-0.3, -0.25) is 14.6 Å². The first-order valence-electron chi connectivity index (χ1n) is 8.04. The Kier molecular flexibility index (Phi) is 6.84. The summed E-state index contributed by atoms with van der Waals surface area (Å²) < 4.78 is 0. The highest BCUT2D eigenvalue weighted by Crippen LogP contribution is 2.23. The Labute approximate surface area is 143 Å². The van der Waals surface area contributed by atoms with E-state index in [2.05, 4.69) is 9.80 Å². The second-order valence-corrected chi connectivity index (χ2v) is 6.66. The van der Waals surface area contributed by atoms with Gasteiger partial charge in [-0.1, -0.05) is 29.8 Å². The van der Waals surface area contributed by atoms with E-state index in [-0.39, 0.29) is 5.91 Å². The number of rotatable bonds is 5. The molecule has 2 rings (SSSR count). The lowest BCUT2D eigenvalue weighted by Gasteiger charge is -2.24. The Balaban J connectivity index is 1.86. The molecule has 0 bridgehead atoms. The van der Waals surface area contributed by atoms with E-state index in [1.54, 1.807) is 25.1 Å². The second-order valence-electron chi connectivity index (χ2n) is 6.26. The Morgan fingerprint density at radius 1 is 1.22 bits per heavy atom. The Morgan fingerprint density at radius 2 is 1.87 bits per heavy atom. The fourth-order valence-electron chi connectivity index (χ4n) is 2.79. The van der Waals surface area contributed by atoms with E-state index in [9.17, 15) is 9.90 Å². The first-order valence-corrected chi connectivity index (χ1v) is 8.42. The topological polar surface area (TPSA) is 47.0 Å². The zero-order valence-corrected chi connectivity index (χ0v) is 14.7. The Hall–Kier alpha value is -1.14.